The van der Waals surface area contributed by atoms with Gasteiger partial charge in [0.2, 0.25) is 0 Å². The van der Waals surface area contributed by atoms with Gasteiger partial charge in [-0.2, -0.15) is 0 Å². The maximum atomic E-state index is 6.05. The van der Waals surface area contributed by atoms with Crippen LogP contribution in [0.4, 0.5) is 0 Å². The first-order valence-electron chi connectivity index (χ1n) is 4.55. The first kappa shape index (κ1) is 11.4. The van der Waals surface area contributed by atoms with Crippen LogP contribution in [0.1, 0.15) is 17.1 Å². The van der Waals surface area contributed by atoms with Gasteiger partial charge in [-0.05, 0) is 13.8 Å². The van der Waals surface area contributed by atoms with Gasteiger partial charge >= 0.3 is 0 Å². The zero-order valence-corrected chi connectivity index (χ0v) is 9.51. The smallest absolute Gasteiger partial charge is 0.0634 e. The normalized spacial score (nSPS) is 12.9. The third kappa shape index (κ3) is 3.24. The highest BCUT2D eigenvalue weighted by Crippen LogP contribution is 2.09. The summed E-state index contributed by atoms with van der Waals surface area (Å²) in [4.78, 5) is 8.62. The van der Waals surface area contributed by atoms with Crippen LogP contribution in [0.25, 0.3) is 0 Å². The molecule has 0 spiro atoms. The second-order valence-corrected chi connectivity index (χ2v) is 3.92. The summed E-state index contributed by atoms with van der Waals surface area (Å²) < 4.78 is 4.97. The summed E-state index contributed by atoms with van der Waals surface area (Å²) in [6, 6.07) is 0. The Morgan fingerprint density at radius 3 is 2.86 bits per heavy atom. The Kier molecular flexibility index (Phi) is 4.29. The number of aryl methyl sites for hydroxylation is 2. The highest BCUT2D eigenvalue weighted by atomic mass is 35.5. The molecular weight excluding hydrogens is 200 g/mol. The molecule has 4 heteroatoms. The fourth-order valence-corrected chi connectivity index (χ4v) is 1.50. The minimum atomic E-state index is -0.0326. The molecule has 0 aliphatic carbocycles. The molecule has 3 nitrogen and oxygen atoms in total. The Bertz CT molecular complexity index is 304. The number of rotatable bonds is 4. The highest BCUT2D eigenvalue weighted by molar-refractivity contribution is 6.20. The SMILES string of the molecule is COCC(Cl)Cc1nc(C)cnc1C. The van der Waals surface area contributed by atoms with Gasteiger partial charge < -0.3 is 4.74 Å². The molecule has 0 saturated carbocycles. The molecule has 1 aromatic rings. The van der Waals surface area contributed by atoms with E-state index in [1.165, 1.54) is 0 Å². The zero-order chi connectivity index (χ0) is 10.6. The summed E-state index contributed by atoms with van der Waals surface area (Å²) in [6.07, 6.45) is 2.47. The molecule has 1 aromatic heterocycles. The molecule has 0 saturated heterocycles. The van der Waals surface area contributed by atoms with E-state index in [0.29, 0.717) is 13.0 Å². The second kappa shape index (κ2) is 5.27. The number of halogens is 1. The van der Waals surface area contributed by atoms with Gasteiger partial charge in [-0.15, -0.1) is 11.6 Å². The van der Waals surface area contributed by atoms with Crippen LogP contribution in [-0.4, -0.2) is 29.1 Å². The van der Waals surface area contributed by atoms with Gasteiger partial charge in [-0.3, -0.25) is 9.97 Å². The Hall–Kier alpha value is -0.670. The maximum Gasteiger partial charge on any atom is 0.0634 e. The first-order valence-corrected chi connectivity index (χ1v) is 4.99. The number of ether oxygens (including phenoxy) is 1. The number of methoxy groups -OCH3 is 1. The molecular formula is C10H15ClN2O. The lowest BCUT2D eigenvalue weighted by atomic mass is 10.2. The van der Waals surface area contributed by atoms with Crippen LogP contribution in [0.5, 0.6) is 0 Å². The van der Waals surface area contributed by atoms with Gasteiger partial charge in [0.15, 0.2) is 0 Å². The molecule has 0 bridgehead atoms. The Morgan fingerprint density at radius 1 is 1.50 bits per heavy atom. The second-order valence-electron chi connectivity index (χ2n) is 3.30. The average Bonchev–Trinajstić information content (AvgIpc) is 2.12. The number of nitrogens with zero attached hydrogens (tertiary/aromatic N) is 2. The monoisotopic (exact) mass is 214 g/mol. The summed E-state index contributed by atoms with van der Waals surface area (Å²) in [6.45, 7) is 4.41. The Labute approximate surface area is 89.5 Å². The average molecular weight is 215 g/mol. The van der Waals surface area contributed by atoms with E-state index >= 15 is 0 Å². The van der Waals surface area contributed by atoms with E-state index in [1.807, 2.05) is 13.8 Å². The highest BCUT2D eigenvalue weighted by Gasteiger charge is 2.09. The van der Waals surface area contributed by atoms with Crippen molar-refractivity contribution in [2.45, 2.75) is 25.6 Å². The maximum absolute atomic E-state index is 6.05. The molecule has 0 aliphatic rings. The fraction of sp³-hybridized carbons (Fsp3) is 0.600. The first-order chi connectivity index (χ1) is 6.63. The van der Waals surface area contributed by atoms with Gasteiger partial charge in [-0.25, -0.2) is 0 Å². The van der Waals surface area contributed by atoms with Gasteiger partial charge in [0.05, 0.1) is 29.1 Å². The largest absolute Gasteiger partial charge is 0.383 e. The van der Waals surface area contributed by atoms with Crippen molar-refractivity contribution in [3.63, 3.8) is 0 Å². The van der Waals surface area contributed by atoms with Crippen LogP contribution in [0.15, 0.2) is 6.20 Å². The zero-order valence-electron chi connectivity index (χ0n) is 8.75. The molecule has 0 N–H and O–H groups in total. The molecule has 0 amide bonds. The molecule has 0 aromatic carbocycles. The van der Waals surface area contributed by atoms with Crippen LogP contribution < -0.4 is 0 Å². The van der Waals surface area contributed by atoms with E-state index in [2.05, 4.69) is 9.97 Å². The van der Waals surface area contributed by atoms with E-state index in [9.17, 15) is 0 Å². The molecule has 1 heterocycles. The van der Waals surface area contributed by atoms with Gasteiger partial charge in [0, 0.05) is 19.7 Å². The van der Waals surface area contributed by atoms with Crippen LogP contribution in [0.3, 0.4) is 0 Å². The van der Waals surface area contributed by atoms with E-state index in [-0.39, 0.29) is 5.38 Å². The summed E-state index contributed by atoms with van der Waals surface area (Å²) in [5.41, 5.74) is 2.83. The molecule has 78 valence electrons. The third-order valence-electron chi connectivity index (χ3n) is 1.94. The van der Waals surface area contributed by atoms with Crippen LogP contribution in [0, 0.1) is 13.8 Å². The van der Waals surface area contributed by atoms with Gasteiger partial charge in [-0.1, -0.05) is 0 Å². The van der Waals surface area contributed by atoms with Crippen molar-refractivity contribution in [2.24, 2.45) is 0 Å². The van der Waals surface area contributed by atoms with E-state index in [1.54, 1.807) is 13.3 Å². The number of hydrogen-bond acceptors (Lipinski definition) is 3. The lowest BCUT2D eigenvalue weighted by Gasteiger charge is -2.09. The summed E-state index contributed by atoms with van der Waals surface area (Å²) in [5.74, 6) is 0. The number of alkyl halides is 1. The Morgan fingerprint density at radius 2 is 2.21 bits per heavy atom. The van der Waals surface area contributed by atoms with E-state index in [0.717, 1.165) is 17.1 Å². The Balaban J connectivity index is 2.70. The molecule has 1 unspecified atom stereocenters. The molecule has 14 heavy (non-hydrogen) atoms. The summed E-state index contributed by atoms with van der Waals surface area (Å²) in [5, 5.41) is -0.0326. The van der Waals surface area contributed by atoms with E-state index < -0.39 is 0 Å². The van der Waals surface area contributed by atoms with Crippen molar-refractivity contribution in [3.8, 4) is 0 Å². The summed E-state index contributed by atoms with van der Waals surface area (Å²) in [7, 11) is 1.64. The van der Waals surface area contributed by atoms with Crippen molar-refractivity contribution in [1.82, 2.24) is 9.97 Å². The predicted octanol–water partition coefficient (Wildman–Crippen LogP) is 1.89. The summed E-state index contributed by atoms with van der Waals surface area (Å²) >= 11 is 6.05. The van der Waals surface area contributed by atoms with Gasteiger partial charge in [0.25, 0.3) is 0 Å². The van der Waals surface area contributed by atoms with Gasteiger partial charge in [0.1, 0.15) is 0 Å². The predicted molar refractivity (Wildman–Crippen MR) is 56.7 cm³/mol. The van der Waals surface area contributed by atoms with Crippen LogP contribution >= 0.6 is 11.6 Å². The standard InChI is InChI=1S/C10H15ClN2O/c1-7-5-12-8(2)10(13-7)4-9(11)6-14-3/h5,9H,4,6H2,1-3H3. The topological polar surface area (TPSA) is 35.0 Å². The molecule has 1 atom stereocenters. The quantitative estimate of drug-likeness (QED) is 0.718. The number of hydrogen-bond donors (Lipinski definition) is 0. The lowest BCUT2D eigenvalue weighted by molar-refractivity contribution is 0.197. The number of aromatic nitrogens is 2. The van der Waals surface area contributed by atoms with Crippen molar-refractivity contribution in [2.75, 3.05) is 13.7 Å². The molecule has 0 radical (unpaired) electrons. The lowest BCUT2D eigenvalue weighted by Crippen LogP contribution is -2.13. The van der Waals surface area contributed by atoms with Crippen LogP contribution in [0.2, 0.25) is 0 Å². The minimum absolute atomic E-state index is 0.0326. The van der Waals surface area contributed by atoms with Crippen molar-refractivity contribution in [3.05, 3.63) is 23.3 Å². The minimum Gasteiger partial charge on any atom is -0.383 e. The molecule has 1 rings (SSSR count). The van der Waals surface area contributed by atoms with Crippen LogP contribution in [-0.2, 0) is 11.2 Å². The fourth-order valence-electron chi connectivity index (χ4n) is 1.23. The van der Waals surface area contributed by atoms with Crippen molar-refractivity contribution >= 4 is 11.6 Å². The van der Waals surface area contributed by atoms with Crippen molar-refractivity contribution < 1.29 is 4.74 Å². The molecule has 0 aliphatic heterocycles. The van der Waals surface area contributed by atoms with E-state index in [4.69, 9.17) is 16.3 Å². The third-order valence-corrected chi connectivity index (χ3v) is 2.22. The van der Waals surface area contributed by atoms with Crippen molar-refractivity contribution in [1.29, 1.82) is 0 Å². The molecule has 0 fully saturated rings.